The van der Waals surface area contributed by atoms with Gasteiger partial charge in [-0.3, -0.25) is 9.59 Å². The van der Waals surface area contributed by atoms with E-state index in [9.17, 15) is 24.8 Å². The first-order valence-corrected chi connectivity index (χ1v) is 12.9. The Morgan fingerprint density at radius 3 is 2.62 bits per heavy atom. The van der Waals surface area contributed by atoms with E-state index in [1.54, 1.807) is 42.3 Å². The van der Waals surface area contributed by atoms with Crippen molar-refractivity contribution in [1.82, 2.24) is 10.3 Å². The number of hydrogen-bond acceptors (Lipinski definition) is 6. The Bertz CT molecular complexity index is 1400. The summed E-state index contributed by atoms with van der Waals surface area (Å²) in [5.41, 5.74) is 3.65. The Kier molecular flexibility index (Phi) is 8.56. The second-order valence-electron chi connectivity index (χ2n) is 9.70. The Morgan fingerprint density at radius 2 is 1.97 bits per heavy atom. The molecule has 4 rings (SSSR count). The lowest BCUT2D eigenvalue weighted by Crippen LogP contribution is -2.42. The topological polar surface area (TPSA) is 135 Å². The monoisotopic (exact) mass is 525 g/mol. The van der Waals surface area contributed by atoms with E-state index < -0.39 is 17.9 Å². The molecule has 2 amide bonds. The van der Waals surface area contributed by atoms with Gasteiger partial charge in [0, 0.05) is 49.3 Å². The van der Waals surface area contributed by atoms with Gasteiger partial charge in [0.2, 0.25) is 5.91 Å². The highest BCUT2D eigenvalue weighted by Gasteiger charge is 2.30. The number of carbonyl (C=O) groups is 3. The number of amides is 2. The number of nitrogens with zero attached hydrogens (tertiary/aromatic N) is 3. The minimum absolute atomic E-state index is 0.0377. The van der Waals surface area contributed by atoms with Gasteiger partial charge in [0.1, 0.15) is 11.9 Å². The molecule has 0 saturated carbocycles. The highest BCUT2D eigenvalue weighted by molar-refractivity contribution is 5.99. The van der Waals surface area contributed by atoms with E-state index in [4.69, 9.17) is 0 Å². The fraction of sp³-hybridized carbons (Fsp3) is 0.300. The molecule has 1 aliphatic rings. The Morgan fingerprint density at radius 1 is 1.21 bits per heavy atom. The van der Waals surface area contributed by atoms with Crippen molar-refractivity contribution in [2.75, 3.05) is 23.3 Å². The number of carbonyl (C=O) groups excluding carboxylic acids is 2. The molecule has 0 radical (unpaired) electrons. The van der Waals surface area contributed by atoms with Crippen molar-refractivity contribution in [1.29, 1.82) is 5.26 Å². The molecule has 39 heavy (non-hydrogen) atoms. The van der Waals surface area contributed by atoms with E-state index in [2.05, 4.69) is 21.7 Å². The number of pyridine rings is 1. The average Bonchev–Trinajstić information content (AvgIpc) is 3.31. The third-order valence-electron chi connectivity index (χ3n) is 6.89. The summed E-state index contributed by atoms with van der Waals surface area (Å²) < 4.78 is 0. The highest BCUT2D eigenvalue weighted by Crippen LogP contribution is 2.26. The SMILES string of the molecule is CCc1cc(C#N)cc(C)c1C(=O)NC(Cc1ccc(N2CC(CNc3ccccn3)CC2=O)cc1)C(=O)O. The number of hydrogen-bond donors (Lipinski definition) is 3. The number of nitrogens with one attached hydrogen (secondary N) is 2. The molecule has 3 aromatic rings. The number of carboxylic acid groups (broad SMARTS) is 1. The van der Waals surface area contributed by atoms with Gasteiger partial charge in [-0.1, -0.05) is 25.1 Å². The molecule has 2 atom stereocenters. The van der Waals surface area contributed by atoms with Gasteiger partial charge in [-0.25, -0.2) is 9.78 Å². The number of benzene rings is 2. The summed E-state index contributed by atoms with van der Waals surface area (Å²) in [6.45, 7) is 4.83. The van der Waals surface area contributed by atoms with Crippen molar-refractivity contribution in [3.63, 3.8) is 0 Å². The molecule has 2 unspecified atom stereocenters. The van der Waals surface area contributed by atoms with Crippen LogP contribution in [0.2, 0.25) is 0 Å². The summed E-state index contributed by atoms with van der Waals surface area (Å²) in [6.07, 6.45) is 2.77. The van der Waals surface area contributed by atoms with Crippen molar-refractivity contribution < 1.29 is 19.5 Å². The smallest absolute Gasteiger partial charge is 0.326 e. The summed E-state index contributed by atoms with van der Waals surface area (Å²) in [4.78, 5) is 43.7. The maximum Gasteiger partial charge on any atom is 0.326 e. The van der Waals surface area contributed by atoms with Crippen molar-refractivity contribution in [2.24, 2.45) is 5.92 Å². The molecule has 9 nitrogen and oxygen atoms in total. The number of aryl methyl sites for hydroxylation is 2. The van der Waals surface area contributed by atoms with Crippen molar-refractivity contribution in [3.05, 3.63) is 88.6 Å². The molecule has 1 fully saturated rings. The van der Waals surface area contributed by atoms with Crippen LogP contribution in [0.15, 0.2) is 60.8 Å². The number of rotatable bonds is 10. The Labute approximate surface area is 227 Å². The van der Waals surface area contributed by atoms with E-state index in [0.29, 0.717) is 48.2 Å². The molecule has 0 spiro atoms. The highest BCUT2D eigenvalue weighted by atomic mass is 16.4. The van der Waals surface area contributed by atoms with E-state index in [-0.39, 0.29) is 18.2 Å². The van der Waals surface area contributed by atoms with E-state index >= 15 is 0 Å². The molecule has 2 heterocycles. The normalized spacial score (nSPS) is 15.5. The molecule has 200 valence electrons. The minimum atomic E-state index is -1.14. The number of aliphatic carboxylic acids is 1. The third-order valence-corrected chi connectivity index (χ3v) is 6.89. The van der Waals surface area contributed by atoms with Gasteiger partial charge in [0.05, 0.1) is 11.6 Å². The van der Waals surface area contributed by atoms with Crippen molar-refractivity contribution >= 4 is 29.3 Å². The van der Waals surface area contributed by atoms with Crippen LogP contribution >= 0.6 is 0 Å². The Hall–Kier alpha value is -4.71. The van der Waals surface area contributed by atoms with Gasteiger partial charge < -0.3 is 20.6 Å². The number of anilines is 2. The number of aromatic nitrogens is 1. The van der Waals surface area contributed by atoms with Gasteiger partial charge in [-0.05, 0) is 66.4 Å². The van der Waals surface area contributed by atoms with Crippen LogP contribution in [0.3, 0.4) is 0 Å². The van der Waals surface area contributed by atoms with Gasteiger partial charge >= 0.3 is 5.97 Å². The van der Waals surface area contributed by atoms with Crippen LogP contribution in [0.1, 0.15) is 46.0 Å². The summed E-state index contributed by atoms with van der Waals surface area (Å²) in [7, 11) is 0. The minimum Gasteiger partial charge on any atom is -0.480 e. The second-order valence-corrected chi connectivity index (χ2v) is 9.70. The van der Waals surface area contributed by atoms with Crippen LogP contribution in [-0.2, 0) is 22.4 Å². The zero-order valence-corrected chi connectivity index (χ0v) is 22.0. The fourth-order valence-corrected chi connectivity index (χ4v) is 4.89. The fourth-order valence-electron chi connectivity index (χ4n) is 4.89. The largest absolute Gasteiger partial charge is 0.480 e. The van der Waals surface area contributed by atoms with Gasteiger partial charge in [0.15, 0.2) is 0 Å². The van der Waals surface area contributed by atoms with Gasteiger partial charge in [0.25, 0.3) is 5.91 Å². The summed E-state index contributed by atoms with van der Waals surface area (Å²) in [6, 6.07) is 17.1. The summed E-state index contributed by atoms with van der Waals surface area (Å²) >= 11 is 0. The molecular formula is C30H31N5O4. The van der Waals surface area contributed by atoms with Crippen LogP contribution in [0, 0.1) is 24.2 Å². The summed E-state index contributed by atoms with van der Waals surface area (Å²) in [5.74, 6) is -0.672. The van der Waals surface area contributed by atoms with Crippen LogP contribution in [-0.4, -0.2) is 47.0 Å². The van der Waals surface area contributed by atoms with Gasteiger partial charge in [-0.2, -0.15) is 5.26 Å². The number of carboxylic acids is 1. The van der Waals surface area contributed by atoms with Crippen LogP contribution < -0.4 is 15.5 Å². The van der Waals surface area contributed by atoms with Crippen molar-refractivity contribution in [3.8, 4) is 6.07 Å². The van der Waals surface area contributed by atoms with E-state index in [0.717, 1.165) is 17.1 Å². The molecule has 1 aliphatic heterocycles. The average molecular weight is 526 g/mol. The van der Waals surface area contributed by atoms with Crippen LogP contribution in [0.5, 0.6) is 0 Å². The second kappa shape index (κ2) is 12.2. The molecule has 2 aromatic carbocycles. The lowest BCUT2D eigenvalue weighted by Gasteiger charge is -2.19. The first-order valence-electron chi connectivity index (χ1n) is 12.9. The lowest BCUT2D eigenvalue weighted by atomic mass is 9.96. The first-order chi connectivity index (χ1) is 18.8. The van der Waals surface area contributed by atoms with E-state index in [1.807, 2.05) is 37.3 Å². The predicted octanol–water partition coefficient (Wildman–Crippen LogP) is 3.71. The predicted molar refractivity (Wildman–Crippen MR) is 147 cm³/mol. The standard InChI is InChI=1S/C30H31N5O4/c1-3-23-13-21(16-31)12-19(2)28(23)29(37)34-25(30(38)39)14-20-7-9-24(10-8-20)35-18-22(15-27(35)36)17-33-26-6-4-5-11-32-26/h4-13,22,25H,3,14-15,17-18H2,1-2H3,(H,32,33)(H,34,37)(H,38,39). The lowest BCUT2D eigenvalue weighted by molar-refractivity contribution is -0.139. The molecular weight excluding hydrogens is 494 g/mol. The molecule has 1 aromatic heterocycles. The molecule has 0 aliphatic carbocycles. The zero-order valence-electron chi connectivity index (χ0n) is 22.0. The number of nitriles is 1. The maximum atomic E-state index is 13.1. The first kappa shape index (κ1) is 27.3. The van der Waals surface area contributed by atoms with Crippen LogP contribution in [0.25, 0.3) is 0 Å². The van der Waals surface area contributed by atoms with Crippen molar-refractivity contribution in [2.45, 2.75) is 39.2 Å². The molecule has 3 N–H and O–H groups in total. The third kappa shape index (κ3) is 6.60. The van der Waals surface area contributed by atoms with E-state index in [1.165, 1.54) is 0 Å². The Balaban J connectivity index is 1.40. The van der Waals surface area contributed by atoms with Crippen LogP contribution in [0.4, 0.5) is 11.5 Å². The molecule has 9 heteroatoms. The van der Waals surface area contributed by atoms with Gasteiger partial charge in [-0.15, -0.1) is 0 Å². The molecule has 0 bridgehead atoms. The zero-order chi connectivity index (χ0) is 27.9. The summed E-state index contributed by atoms with van der Waals surface area (Å²) in [5, 5.41) is 24.9. The maximum absolute atomic E-state index is 13.1. The quantitative estimate of drug-likeness (QED) is 0.367. The molecule has 1 saturated heterocycles.